The third-order valence-electron chi connectivity index (χ3n) is 4.67. The maximum Gasteiger partial charge on any atom is 0.357 e. The number of para-hydroxylation sites is 2. The quantitative estimate of drug-likeness (QED) is 0.664. The van der Waals surface area contributed by atoms with Gasteiger partial charge in [0.2, 0.25) is 0 Å². The Kier molecular flexibility index (Phi) is 5.37. The Bertz CT molecular complexity index is 1140. The van der Waals surface area contributed by atoms with Crippen LogP contribution < -0.4 is 11.1 Å². The first kappa shape index (κ1) is 19.7. The van der Waals surface area contributed by atoms with Gasteiger partial charge in [-0.3, -0.25) is 4.79 Å². The number of hydrogen-bond donors (Lipinski definition) is 2. The van der Waals surface area contributed by atoms with Crippen molar-refractivity contribution in [1.82, 2.24) is 4.57 Å². The lowest BCUT2D eigenvalue weighted by Crippen LogP contribution is -2.18. The van der Waals surface area contributed by atoms with Gasteiger partial charge in [-0.2, -0.15) is 5.26 Å². The highest BCUT2D eigenvalue weighted by Gasteiger charge is 2.24. The Hall–Kier alpha value is -4.05. The number of nitrogens with zero attached hydrogens (tertiary/aromatic N) is 2. The van der Waals surface area contributed by atoms with Crippen LogP contribution >= 0.6 is 0 Å². The first-order chi connectivity index (χ1) is 13.9. The van der Waals surface area contributed by atoms with E-state index < -0.39 is 5.97 Å². The Morgan fingerprint density at radius 1 is 1.10 bits per heavy atom. The highest BCUT2D eigenvalue weighted by atomic mass is 16.5. The van der Waals surface area contributed by atoms with Crippen LogP contribution in [-0.4, -0.2) is 23.6 Å². The smallest absolute Gasteiger partial charge is 0.357 e. The molecule has 7 nitrogen and oxygen atoms in total. The third-order valence-corrected chi connectivity index (χ3v) is 4.67. The first-order valence-corrected chi connectivity index (χ1v) is 8.85. The lowest BCUT2D eigenvalue weighted by Gasteiger charge is -2.15. The number of carbonyl (C=O) groups excluding carboxylic acids is 2. The number of nitrogen functional groups attached to an aromatic ring is 1. The van der Waals surface area contributed by atoms with Gasteiger partial charge in [0.15, 0.2) is 5.69 Å². The number of methoxy groups -OCH3 is 1. The van der Waals surface area contributed by atoms with Gasteiger partial charge >= 0.3 is 5.97 Å². The van der Waals surface area contributed by atoms with E-state index in [-0.39, 0.29) is 22.9 Å². The van der Waals surface area contributed by atoms with Crippen LogP contribution in [0.15, 0.2) is 48.7 Å². The number of esters is 1. The van der Waals surface area contributed by atoms with Crippen LogP contribution in [0.3, 0.4) is 0 Å². The minimum Gasteiger partial charge on any atom is -0.464 e. The van der Waals surface area contributed by atoms with Gasteiger partial charge < -0.3 is 20.4 Å². The van der Waals surface area contributed by atoms with Crippen LogP contribution in [0.25, 0.3) is 5.69 Å². The van der Waals surface area contributed by atoms with Crippen molar-refractivity contribution in [2.45, 2.75) is 13.8 Å². The lowest BCUT2D eigenvalue weighted by atomic mass is 10.1. The predicted octanol–water partition coefficient (Wildman–Crippen LogP) is 3.59. The van der Waals surface area contributed by atoms with Crippen molar-refractivity contribution in [1.29, 1.82) is 5.26 Å². The molecular weight excluding hydrogens is 368 g/mol. The molecule has 3 N–H and O–H groups in total. The van der Waals surface area contributed by atoms with Crippen molar-refractivity contribution in [3.63, 3.8) is 0 Å². The second-order valence-electron chi connectivity index (χ2n) is 6.52. The van der Waals surface area contributed by atoms with Gasteiger partial charge in [0.05, 0.1) is 29.6 Å². The molecule has 1 amide bonds. The largest absolute Gasteiger partial charge is 0.464 e. The molecule has 0 saturated heterocycles. The van der Waals surface area contributed by atoms with Gasteiger partial charge in [-0.05, 0) is 37.1 Å². The van der Waals surface area contributed by atoms with Crippen molar-refractivity contribution >= 4 is 23.3 Å². The summed E-state index contributed by atoms with van der Waals surface area (Å²) < 4.78 is 6.23. The normalized spacial score (nSPS) is 10.3. The van der Waals surface area contributed by atoms with E-state index in [1.54, 1.807) is 24.3 Å². The maximum absolute atomic E-state index is 13.1. The van der Waals surface area contributed by atoms with E-state index >= 15 is 0 Å². The Morgan fingerprint density at radius 3 is 2.38 bits per heavy atom. The van der Waals surface area contributed by atoms with Crippen LogP contribution in [0.1, 0.15) is 37.5 Å². The van der Waals surface area contributed by atoms with E-state index in [0.29, 0.717) is 11.3 Å². The fourth-order valence-electron chi connectivity index (χ4n) is 3.17. The fourth-order valence-corrected chi connectivity index (χ4v) is 3.17. The summed E-state index contributed by atoms with van der Waals surface area (Å²) >= 11 is 0. The number of amides is 1. The summed E-state index contributed by atoms with van der Waals surface area (Å²) in [7, 11) is 1.23. The van der Waals surface area contributed by atoms with Gasteiger partial charge in [0, 0.05) is 11.9 Å². The summed E-state index contributed by atoms with van der Waals surface area (Å²) in [6, 6.07) is 14.5. The molecule has 0 aliphatic rings. The lowest BCUT2D eigenvalue weighted by molar-refractivity contribution is 0.0592. The van der Waals surface area contributed by atoms with Crippen molar-refractivity contribution in [2.75, 3.05) is 18.2 Å². The molecule has 0 fully saturated rings. The molecule has 0 atom stereocenters. The van der Waals surface area contributed by atoms with E-state index in [9.17, 15) is 14.9 Å². The molecule has 146 valence electrons. The third kappa shape index (κ3) is 3.56. The van der Waals surface area contributed by atoms with Crippen molar-refractivity contribution < 1.29 is 14.3 Å². The number of benzene rings is 2. The van der Waals surface area contributed by atoms with Crippen LogP contribution in [0.5, 0.6) is 0 Å². The Labute approximate surface area is 168 Å². The van der Waals surface area contributed by atoms with Crippen molar-refractivity contribution in [3.8, 4) is 11.8 Å². The summed E-state index contributed by atoms with van der Waals surface area (Å²) in [5, 5.41) is 12.3. The van der Waals surface area contributed by atoms with Gasteiger partial charge in [0.1, 0.15) is 6.07 Å². The second-order valence-corrected chi connectivity index (χ2v) is 6.52. The molecule has 0 bridgehead atoms. The molecule has 0 aliphatic heterocycles. The van der Waals surface area contributed by atoms with Crippen LogP contribution in [0, 0.1) is 25.2 Å². The summed E-state index contributed by atoms with van der Waals surface area (Å²) in [5.74, 6) is -1.05. The molecule has 3 rings (SSSR count). The van der Waals surface area contributed by atoms with Crippen LogP contribution in [-0.2, 0) is 4.74 Å². The summed E-state index contributed by atoms with van der Waals surface area (Å²) in [5.41, 5.74) is 9.41. The molecule has 0 radical (unpaired) electrons. The average molecular weight is 388 g/mol. The number of aromatic nitrogens is 1. The van der Waals surface area contributed by atoms with Gasteiger partial charge in [-0.15, -0.1) is 0 Å². The minimum atomic E-state index is -0.700. The maximum atomic E-state index is 13.1. The number of ether oxygens (including phenoxy) is 1. The number of rotatable bonds is 4. The van der Waals surface area contributed by atoms with E-state index in [1.807, 2.05) is 38.1 Å². The SMILES string of the molecule is COC(=O)c1c(N)c(C#N)cn1-c1ccccc1C(=O)Nc1c(C)cccc1C. The molecule has 0 saturated carbocycles. The average Bonchev–Trinajstić information content (AvgIpc) is 3.06. The zero-order chi connectivity index (χ0) is 21.1. The van der Waals surface area contributed by atoms with Crippen LogP contribution in [0.2, 0.25) is 0 Å². The number of hydrogen-bond acceptors (Lipinski definition) is 5. The van der Waals surface area contributed by atoms with E-state index in [1.165, 1.54) is 17.9 Å². The summed E-state index contributed by atoms with van der Waals surface area (Å²) in [6.45, 7) is 3.82. The standard InChI is InChI=1S/C22H20N4O3/c1-13-7-6-8-14(2)19(13)25-21(27)16-9-4-5-10-17(16)26-12-15(11-23)18(24)20(26)22(28)29-3/h4-10,12H,24H2,1-3H3,(H,25,27). The number of carbonyl (C=O) groups is 2. The van der Waals surface area contributed by atoms with Gasteiger partial charge in [-0.1, -0.05) is 30.3 Å². The minimum absolute atomic E-state index is 0.00336. The van der Waals surface area contributed by atoms with Gasteiger partial charge in [-0.25, -0.2) is 4.79 Å². The molecule has 0 spiro atoms. The number of aryl methyl sites for hydroxylation is 2. The molecular formula is C22H20N4O3. The van der Waals surface area contributed by atoms with Gasteiger partial charge in [0.25, 0.3) is 5.91 Å². The first-order valence-electron chi connectivity index (χ1n) is 8.85. The highest BCUT2D eigenvalue weighted by molar-refractivity contribution is 6.08. The van der Waals surface area contributed by atoms with E-state index in [0.717, 1.165) is 16.8 Å². The molecule has 3 aromatic rings. The molecule has 0 unspecified atom stereocenters. The zero-order valence-electron chi connectivity index (χ0n) is 16.3. The van der Waals surface area contributed by atoms with E-state index in [4.69, 9.17) is 10.5 Å². The fraction of sp³-hybridized carbons (Fsp3) is 0.136. The predicted molar refractivity (Wildman–Crippen MR) is 110 cm³/mol. The topological polar surface area (TPSA) is 110 Å². The number of nitrogens with two attached hydrogens (primary N) is 1. The van der Waals surface area contributed by atoms with Crippen molar-refractivity contribution in [3.05, 3.63) is 76.6 Å². The number of nitriles is 1. The summed E-state index contributed by atoms with van der Waals surface area (Å²) in [4.78, 5) is 25.4. The van der Waals surface area contributed by atoms with Crippen molar-refractivity contribution in [2.24, 2.45) is 0 Å². The highest BCUT2D eigenvalue weighted by Crippen LogP contribution is 2.28. The second kappa shape index (κ2) is 7.90. The zero-order valence-corrected chi connectivity index (χ0v) is 16.3. The summed E-state index contributed by atoms with van der Waals surface area (Å²) in [6.07, 6.45) is 1.42. The molecule has 29 heavy (non-hydrogen) atoms. The molecule has 7 heteroatoms. The van der Waals surface area contributed by atoms with E-state index in [2.05, 4.69) is 5.32 Å². The number of anilines is 2. The monoisotopic (exact) mass is 388 g/mol. The number of nitrogens with one attached hydrogen (secondary N) is 1. The molecule has 0 aliphatic carbocycles. The Morgan fingerprint density at radius 2 is 1.76 bits per heavy atom. The molecule has 1 heterocycles. The Balaban J connectivity index is 2.13. The van der Waals surface area contributed by atoms with Crippen LogP contribution in [0.4, 0.5) is 11.4 Å². The molecule has 2 aromatic carbocycles. The molecule has 1 aromatic heterocycles.